The third kappa shape index (κ3) is 3.29. The minimum Gasteiger partial charge on any atom is -0.334 e. The Morgan fingerprint density at radius 3 is 2.58 bits per heavy atom. The Balaban J connectivity index is 1.91. The van der Waals surface area contributed by atoms with E-state index in [0.717, 1.165) is 37.6 Å². The predicted molar refractivity (Wildman–Crippen MR) is 95.5 cm³/mol. The molecule has 2 aromatic rings. The average Bonchev–Trinajstić information content (AvgIpc) is 3.01. The lowest BCUT2D eigenvalue weighted by molar-refractivity contribution is -0.883. The smallest absolute Gasteiger partial charge is 0.257 e. The van der Waals surface area contributed by atoms with E-state index in [1.807, 2.05) is 17.9 Å². The molecule has 0 saturated carbocycles. The summed E-state index contributed by atoms with van der Waals surface area (Å²) in [5.74, 6) is 0.0608. The Hall–Kier alpha value is -1.56. The van der Waals surface area contributed by atoms with Crippen LogP contribution in [0.1, 0.15) is 23.0 Å². The van der Waals surface area contributed by atoms with Crippen molar-refractivity contribution in [2.45, 2.75) is 13.3 Å². The van der Waals surface area contributed by atoms with E-state index in [2.05, 4.69) is 12.1 Å². The second kappa shape index (κ2) is 7.13. The van der Waals surface area contributed by atoms with Crippen LogP contribution in [-0.2, 0) is 6.42 Å². The van der Waals surface area contributed by atoms with Crippen LogP contribution >= 0.6 is 23.2 Å². The van der Waals surface area contributed by atoms with E-state index < -0.39 is 0 Å². The van der Waals surface area contributed by atoms with Gasteiger partial charge >= 0.3 is 0 Å². The van der Waals surface area contributed by atoms with Crippen molar-refractivity contribution in [3.05, 3.63) is 45.7 Å². The van der Waals surface area contributed by atoms with Gasteiger partial charge in [-0.25, -0.2) is 4.68 Å². The van der Waals surface area contributed by atoms with E-state index in [1.165, 1.54) is 4.90 Å². The quantitative estimate of drug-likeness (QED) is 0.897. The third-order valence-corrected chi connectivity index (χ3v) is 5.23. The number of hydrogen-bond donors (Lipinski definition) is 1. The van der Waals surface area contributed by atoms with Gasteiger partial charge in [-0.15, -0.1) is 0 Å². The first-order valence-electron chi connectivity index (χ1n) is 8.14. The lowest BCUT2D eigenvalue weighted by Crippen LogP contribution is -3.12. The summed E-state index contributed by atoms with van der Waals surface area (Å²) in [6, 6.07) is 5.36. The molecule has 1 saturated heterocycles. The summed E-state index contributed by atoms with van der Waals surface area (Å²) in [7, 11) is 2.15. The van der Waals surface area contributed by atoms with Crippen LogP contribution < -0.4 is 4.90 Å². The number of aromatic nitrogens is 2. The molecule has 1 fully saturated rings. The van der Waals surface area contributed by atoms with Gasteiger partial charge in [0.05, 0.1) is 66.4 Å². The zero-order valence-corrected chi connectivity index (χ0v) is 15.4. The van der Waals surface area contributed by atoms with Crippen LogP contribution in [0.2, 0.25) is 10.0 Å². The molecule has 0 atom stereocenters. The van der Waals surface area contributed by atoms with Gasteiger partial charge in [-0.3, -0.25) is 4.79 Å². The highest BCUT2D eigenvalue weighted by Crippen LogP contribution is 2.26. The Morgan fingerprint density at radius 2 is 1.96 bits per heavy atom. The minimum absolute atomic E-state index is 0.0608. The molecule has 1 aromatic heterocycles. The van der Waals surface area contributed by atoms with Crippen molar-refractivity contribution in [2.75, 3.05) is 33.2 Å². The molecule has 0 spiro atoms. The molecule has 5 nitrogen and oxygen atoms in total. The summed E-state index contributed by atoms with van der Waals surface area (Å²) in [6.45, 7) is 5.55. The van der Waals surface area contributed by atoms with Crippen LogP contribution in [0.25, 0.3) is 5.69 Å². The number of benzene rings is 1. The van der Waals surface area contributed by atoms with Crippen LogP contribution in [0.4, 0.5) is 0 Å². The van der Waals surface area contributed by atoms with Gasteiger partial charge in [-0.1, -0.05) is 30.1 Å². The first-order chi connectivity index (χ1) is 11.5. The maximum atomic E-state index is 12.9. The van der Waals surface area contributed by atoms with Gasteiger partial charge in [0.15, 0.2) is 0 Å². The molecule has 1 amide bonds. The maximum Gasteiger partial charge on any atom is 0.257 e. The van der Waals surface area contributed by atoms with Crippen LogP contribution in [-0.4, -0.2) is 53.8 Å². The number of rotatable bonds is 3. The number of nitrogens with one attached hydrogen (secondary N) is 1. The van der Waals surface area contributed by atoms with E-state index in [4.69, 9.17) is 23.2 Å². The number of piperazine rings is 1. The summed E-state index contributed by atoms with van der Waals surface area (Å²) in [6.07, 6.45) is 2.37. The summed E-state index contributed by atoms with van der Waals surface area (Å²) in [5.41, 5.74) is 2.37. The van der Waals surface area contributed by atoms with Crippen molar-refractivity contribution < 1.29 is 9.69 Å². The summed E-state index contributed by atoms with van der Waals surface area (Å²) in [4.78, 5) is 16.2. The summed E-state index contributed by atoms with van der Waals surface area (Å²) in [5, 5.41) is 5.40. The second-order valence-electron chi connectivity index (χ2n) is 6.12. The first kappa shape index (κ1) is 17.3. The molecular weight excluding hydrogens is 347 g/mol. The number of likely N-dealkylation sites (N-methyl/N-ethyl adjacent to an activating group) is 1. The second-order valence-corrected chi connectivity index (χ2v) is 6.93. The highest BCUT2D eigenvalue weighted by molar-refractivity contribution is 6.42. The lowest BCUT2D eigenvalue weighted by atomic mass is 10.1. The number of carbonyl (C=O) groups excluding carboxylic acids is 1. The van der Waals surface area contributed by atoms with Crippen molar-refractivity contribution in [1.29, 1.82) is 0 Å². The third-order valence-electron chi connectivity index (χ3n) is 4.49. The van der Waals surface area contributed by atoms with E-state index in [-0.39, 0.29) is 5.91 Å². The number of nitrogens with zero attached hydrogens (tertiary/aromatic N) is 3. The summed E-state index contributed by atoms with van der Waals surface area (Å²) < 4.78 is 1.77. The molecular formula is C17H21Cl2N4O+. The van der Waals surface area contributed by atoms with E-state index in [0.29, 0.717) is 22.0 Å². The largest absolute Gasteiger partial charge is 0.334 e. The molecule has 1 N–H and O–H groups in total. The zero-order chi connectivity index (χ0) is 17.3. The molecule has 3 rings (SSSR count). The van der Waals surface area contributed by atoms with Gasteiger partial charge in [-0.2, -0.15) is 5.10 Å². The Bertz CT molecular complexity index is 751. The normalized spacial score (nSPS) is 15.8. The fourth-order valence-corrected chi connectivity index (χ4v) is 3.29. The number of quaternary nitrogens is 1. The van der Waals surface area contributed by atoms with Crippen LogP contribution in [0.5, 0.6) is 0 Å². The molecule has 1 aromatic carbocycles. The predicted octanol–water partition coefficient (Wildman–Crippen LogP) is 1.71. The summed E-state index contributed by atoms with van der Waals surface area (Å²) >= 11 is 12.1. The van der Waals surface area contributed by atoms with Crippen molar-refractivity contribution in [3.63, 3.8) is 0 Å². The minimum atomic E-state index is 0.0608. The number of halogens is 2. The van der Waals surface area contributed by atoms with Crippen molar-refractivity contribution in [1.82, 2.24) is 14.7 Å². The first-order valence-corrected chi connectivity index (χ1v) is 8.89. The molecule has 24 heavy (non-hydrogen) atoms. The topological polar surface area (TPSA) is 42.6 Å². The molecule has 0 aliphatic carbocycles. The highest BCUT2D eigenvalue weighted by atomic mass is 35.5. The van der Waals surface area contributed by atoms with Gasteiger partial charge in [-0.05, 0) is 24.6 Å². The van der Waals surface area contributed by atoms with Gasteiger partial charge in [0.1, 0.15) is 0 Å². The van der Waals surface area contributed by atoms with Gasteiger partial charge in [0.25, 0.3) is 5.91 Å². The van der Waals surface area contributed by atoms with E-state index >= 15 is 0 Å². The van der Waals surface area contributed by atoms with Crippen LogP contribution in [0.15, 0.2) is 24.4 Å². The van der Waals surface area contributed by atoms with E-state index in [9.17, 15) is 4.79 Å². The van der Waals surface area contributed by atoms with Gasteiger partial charge in [0, 0.05) is 0 Å². The molecule has 1 aliphatic heterocycles. The Morgan fingerprint density at radius 1 is 1.25 bits per heavy atom. The SMILES string of the molecule is CCc1c(C(=O)N2CC[NH+](C)CC2)cnn1-c1ccc(Cl)c(Cl)c1. The highest BCUT2D eigenvalue weighted by Gasteiger charge is 2.26. The molecule has 0 bridgehead atoms. The fraction of sp³-hybridized carbons (Fsp3) is 0.412. The zero-order valence-electron chi connectivity index (χ0n) is 13.9. The monoisotopic (exact) mass is 367 g/mol. The standard InChI is InChI=1S/C17H20Cl2N4O/c1-3-16-13(17(24)22-8-6-21(2)7-9-22)11-20-23(16)12-4-5-14(18)15(19)10-12/h4-5,10-11H,3,6-9H2,1-2H3/p+1. The number of amides is 1. The van der Waals surface area contributed by atoms with Crippen molar-refractivity contribution in [2.24, 2.45) is 0 Å². The van der Waals surface area contributed by atoms with E-state index in [1.54, 1.807) is 23.0 Å². The molecule has 1 aliphatic rings. The fourth-order valence-electron chi connectivity index (χ4n) is 2.99. The van der Waals surface area contributed by atoms with Crippen LogP contribution in [0, 0.1) is 0 Å². The van der Waals surface area contributed by atoms with Crippen LogP contribution in [0.3, 0.4) is 0 Å². The Labute approximate surface area is 151 Å². The maximum absolute atomic E-state index is 12.9. The van der Waals surface area contributed by atoms with Gasteiger partial charge in [0.2, 0.25) is 0 Å². The van der Waals surface area contributed by atoms with Gasteiger partial charge < -0.3 is 9.80 Å². The van der Waals surface area contributed by atoms with Crippen molar-refractivity contribution in [3.8, 4) is 5.69 Å². The molecule has 2 heterocycles. The molecule has 0 unspecified atom stereocenters. The number of carbonyl (C=O) groups is 1. The molecule has 7 heteroatoms. The van der Waals surface area contributed by atoms with Crippen molar-refractivity contribution >= 4 is 29.1 Å². The lowest BCUT2D eigenvalue weighted by Gasteiger charge is -2.30. The number of hydrogen-bond acceptors (Lipinski definition) is 2. The molecule has 128 valence electrons. The Kier molecular flexibility index (Phi) is 5.13. The molecule has 0 radical (unpaired) electrons. The average molecular weight is 368 g/mol.